The van der Waals surface area contributed by atoms with E-state index in [1.54, 1.807) is 6.07 Å². The molecule has 1 atom stereocenters. The Kier molecular flexibility index (Phi) is 6.00. The summed E-state index contributed by atoms with van der Waals surface area (Å²) in [5, 5.41) is 6.23. The molecular weight excluding hydrogens is 461 g/mol. The van der Waals surface area contributed by atoms with E-state index in [4.69, 9.17) is 11.6 Å². The summed E-state index contributed by atoms with van der Waals surface area (Å²) in [6.45, 7) is 1.49. The first-order valence-electron chi connectivity index (χ1n) is 8.49. The maximum atomic E-state index is 13.2. The second kappa shape index (κ2) is 8.23. The number of alkyl halides is 3. The van der Waals surface area contributed by atoms with E-state index in [1.807, 2.05) is 0 Å². The van der Waals surface area contributed by atoms with Crippen LogP contribution in [-0.2, 0) is 16.0 Å². The summed E-state index contributed by atoms with van der Waals surface area (Å²) < 4.78 is 64.3. The predicted octanol–water partition coefficient (Wildman–Crippen LogP) is 2.62. The molecule has 164 valence electrons. The zero-order valence-electron chi connectivity index (χ0n) is 15.9. The molecule has 0 saturated heterocycles. The highest BCUT2D eigenvalue weighted by molar-refractivity contribution is 7.90. The largest absolute Gasteiger partial charge is 0.416 e. The van der Waals surface area contributed by atoms with Crippen LogP contribution >= 0.6 is 11.6 Å². The van der Waals surface area contributed by atoms with E-state index in [0.29, 0.717) is 12.1 Å². The molecule has 2 aromatic heterocycles. The van der Waals surface area contributed by atoms with Crippen molar-refractivity contribution in [2.24, 2.45) is 0 Å². The van der Waals surface area contributed by atoms with Crippen molar-refractivity contribution in [1.29, 1.82) is 0 Å². The van der Waals surface area contributed by atoms with Crippen LogP contribution in [0.2, 0.25) is 5.28 Å². The third-order valence-electron chi connectivity index (χ3n) is 4.01. The van der Waals surface area contributed by atoms with E-state index in [1.165, 1.54) is 24.0 Å². The molecule has 1 amide bonds. The van der Waals surface area contributed by atoms with Crippen LogP contribution < -0.4 is 5.32 Å². The van der Waals surface area contributed by atoms with Gasteiger partial charge < -0.3 is 5.32 Å². The second-order valence-electron chi connectivity index (χ2n) is 6.41. The van der Waals surface area contributed by atoms with Gasteiger partial charge in [-0.15, -0.1) is 5.10 Å². The Morgan fingerprint density at radius 3 is 2.42 bits per heavy atom. The molecule has 0 bridgehead atoms. The van der Waals surface area contributed by atoms with E-state index in [9.17, 15) is 26.4 Å². The van der Waals surface area contributed by atoms with Crippen LogP contribution in [0.15, 0.2) is 41.6 Å². The van der Waals surface area contributed by atoms with Crippen LogP contribution in [0.1, 0.15) is 34.7 Å². The molecule has 3 rings (SSSR count). The smallest absolute Gasteiger partial charge is 0.342 e. The molecule has 1 N–H and O–H groups in total. The lowest BCUT2D eigenvalue weighted by molar-refractivity contribution is -0.137. The van der Waals surface area contributed by atoms with E-state index >= 15 is 0 Å². The average Bonchev–Trinajstić information content (AvgIpc) is 3.09. The van der Waals surface area contributed by atoms with Gasteiger partial charge in [0, 0.05) is 24.2 Å². The van der Waals surface area contributed by atoms with Crippen molar-refractivity contribution < 1.29 is 26.4 Å². The molecule has 1 unspecified atom stereocenters. The minimum absolute atomic E-state index is 0.108. The van der Waals surface area contributed by atoms with Gasteiger partial charge in [-0.05, 0) is 42.8 Å². The third kappa shape index (κ3) is 5.17. The van der Waals surface area contributed by atoms with Gasteiger partial charge in [0.25, 0.3) is 11.9 Å². The zero-order chi connectivity index (χ0) is 23.0. The van der Waals surface area contributed by atoms with Crippen LogP contribution in [0, 0.1) is 0 Å². The van der Waals surface area contributed by atoms with E-state index in [-0.39, 0.29) is 17.1 Å². The number of rotatable bonds is 5. The van der Waals surface area contributed by atoms with Crippen molar-refractivity contribution in [1.82, 2.24) is 30.0 Å². The van der Waals surface area contributed by atoms with E-state index in [0.717, 1.165) is 12.3 Å². The lowest BCUT2D eigenvalue weighted by Gasteiger charge is -2.15. The minimum atomic E-state index is -4.85. The Labute approximate surface area is 179 Å². The van der Waals surface area contributed by atoms with Gasteiger partial charge in [-0.2, -0.15) is 22.8 Å². The monoisotopic (exact) mass is 474 g/mol. The summed E-state index contributed by atoms with van der Waals surface area (Å²) in [6.07, 6.45) is -1.21. The Bertz CT molecular complexity index is 1230. The van der Waals surface area contributed by atoms with Gasteiger partial charge in [-0.1, -0.05) is 0 Å². The fraction of sp³-hybridized carbons (Fsp3) is 0.235. The molecule has 14 heteroatoms. The molecule has 3 aromatic rings. The first kappa shape index (κ1) is 22.6. The lowest BCUT2D eigenvalue weighted by atomic mass is 10.1. The number of nitrogens with one attached hydrogen (secondary N) is 1. The topological polar surface area (TPSA) is 120 Å². The summed E-state index contributed by atoms with van der Waals surface area (Å²) in [5.74, 6) is -0.737. The average molecular weight is 475 g/mol. The quantitative estimate of drug-likeness (QED) is 0.603. The fourth-order valence-electron chi connectivity index (χ4n) is 2.58. The highest BCUT2D eigenvalue weighted by atomic mass is 35.5. The number of halogens is 4. The Hall–Kier alpha value is -3.06. The number of carbonyl (C=O) groups excluding carboxylic acids is 1. The number of sulfone groups is 1. The highest BCUT2D eigenvalue weighted by Crippen LogP contribution is 2.32. The zero-order valence-corrected chi connectivity index (χ0v) is 17.5. The van der Waals surface area contributed by atoms with Gasteiger partial charge in [0.1, 0.15) is 0 Å². The molecule has 2 heterocycles. The maximum absolute atomic E-state index is 13.2. The van der Waals surface area contributed by atoms with Crippen molar-refractivity contribution in [2.75, 3.05) is 6.26 Å². The Morgan fingerprint density at radius 2 is 1.84 bits per heavy atom. The molecule has 0 aliphatic rings. The molecule has 31 heavy (non-hydrogen) atoms. The summed E-state index contributed by atoms with van der Waals surface area (Å²) in [7, 11) is -4.00. The predicted molar refractivity (Wildman–Crippen MR) is 102 cm³/mol. The van der Waals surface area contributed by atoms with Gasteiger partial charge in [0.15, 0.2) is 15.7 Å². The number of aromatic nitrogens is 5. The molecule has 0 aliphatic carbocycles. The van der Waals surface area contributed by atoms with Gasteiger partial charge in [-0.25, -0.2) is 18.4 Å². The summed E-state index contributed by atoms with van der Waals surface area (Å²) in [4.78, 5) is 24.0. The number of hydrogen-bond donors (Lipinski definition) is 1. The van der Waals surface area contributed by atoms with Crippen molar-refractivity contribution in [2.45, 2.75) is 24.0 Å². The third-order valence-corrected chi connectivity index (χ3v) is 5.26. The normalized spacial score (nSPS) is 13.1. The van der Waals surface area contributed by atoms with Crippen LogP contribution in [0.25, 0.3) is 5.95 Å². The molecule has 0 spiro atoms. The van der Waals surface area contributed by atoms with E-state index in [2.05, 4.69) is 25.4 Å². The number of amides is 1. The molecule has 0 radical (unpaired) electrons. The Morgan fingerprint density at radius 1 is 1.19 bits per heavy atom. The number of benzene rings is 1. The van der Waals surface area contributed by atoms with E-state index < -0.39 is 44.0 Å². The van der Waals surface area contributed by atoms with Crippen molar-refractivity contribution in [3.8, 4) is 5.95 Å². The van der Waals surface area contributed by atoms with Crippen molar-refractivity contribution in [3.63, 3.8) is 0 Å². The van der Waals surface area contributed by atoms with Gasteiger partial charge in [-0.3, -0.25) is 4.79 Å². The van der Waals surface area contributed by atoms with Crippen molar-refractivity contribution >= 4 is 27.3 Å². The standard InChI is InChI=1S/C17H14ClF3N6O3S/c1-9(13-25-15(18)26-27(13)16-22-4-3-5-23-16)24-14(28)10-6-11(17(19,20)21)8-12(7-10)31(2,29)30/h3-9H,1-2H3,(H,24,28). The van der Waals surface area contributed by atoms with Gasteiger partial charge >= 0.3 is 6.18 Å². The lowest BCUT2D eigenvalue weighted by Crippen LogP contribution is -2.29. The second-order valence-corrected chi connectivity index (χ2v) is 8.76. The van der Waals surface area contributed by atoms with Crippen LogP contribution in [0.4, 0.5) is 13.2 Å². The summed E-state index contributed by atoms with van der Waals surface area (Å²) >= 11 is 5.85. The minimum Gasteiger partial charge on any atom is -0.342 e. The molecular formula is C17H14ClF3N6O3S. The molecule has 0 fully saturated rings. The molecule has 9 nitrogen and oxygen atoms in total. The number of hydrogen-bond acceptors (Lipinski definition) is 7. The Balaban J connectivity index is 1.96. The highest BCUT2D eigenvalue weighted by Gasteiger charge is 2.33. The molecule has 0 aliphatic heterocycles. The van der Waals surface area contributed by atoms with Crippen LogP contribution in [0.3, 0.4) is 0 Å². The molecule has 1 aromatic carbocycles. The maximum Gasteiger partial charge on any atom is 0.416 e. The number of carbonyl (C=O) groups is 1. The van der Waals surface area contributed by atoms with Gasteiger partial charge in [0.05, 0.1) is 16.5 Å². The van der Waals surface area contributed by atoms with Crippen LogP contribution in [-0.4, -0.2) is 45.3 Å². The molecule has 0 saturated carbocycles. The number of nitrogens with zero attached hydrogens (tertiary/aromatic N) is 5. The summed E-state index contributed by atoms with van der Waals surface area (Å²) in [6, 6.07) is 2.57. The van der Waals surface area contributed by atoms with Crippen LogP contribution in [0.5, 0.6) is 0 Å². The first-order valence-corrected chi connectivity index (χ1v) is 10.8. The summed E-state index contributed by atoms with van der Waals surface area (Å²) in [5.41, 5.74) is -1.76. The SMILES string of the molecule is CC(NC(=O)c1cc(C(F)(F)F)cc(S(C)(=O)=O)c1)c1nc(Cl)nn1-c1ncccn1. The van der Waals surface area contributed by atoms with Crippen molar-refractivity contribution in [3.05, 3.63) is 58.9 Å². The fourth-order valence-corrected chi connectivity index (χ4v) is 3.42. The first-order chi connectivity index (χ1) is 14.4. The van der Waals surface area contributed by atoms with Gasteiger partial charge in [0.2, 0.25) is 5.28 Å².